The number of hydrogen-bond donors (Lipinski definition) is 1. The summed E-state index contributed by atoms with van der Waals surface area (Å²) in [6.45, 7) is 1.98. The molecule has 98 valence electrons. The van der Waals surface area contributed by atoms with Crippen molar-refractivity contribution >= 4 is 59.4 Å². The minimum atomic E-state index is -0.153. The van der Waals surface area contributed by atoms with Gasteiger partial charge < -0.3 is 5.32 Å². The van der Waals surface area contributed by atoms with Crippen molar-refractivity contribution in [2.24, 2.45) is 0 Å². The van der Waals surface area contributed by atoms with Gasteiger partial charge >= 0.3 is 0 Å². The molecule has 0 fully saturated rings. The predicted molar refractivity (Wildman–Crippen MR) is 88.7 cm³/mol. The Balaban J connectivity index is 2.31. The van der Waals surface area contributed by atoms with Gasteiger partial charge in [0.05, 0.1) is 11.3 Å². The molecule has 0 unspecified atom stereocenters. The zero-order valence-electron chi connectivity index (χ0n) is 10.0. The first-order chi connectivity index (χ1) is 8.99. The molecule has 1 amide bonds. The van der Waals surface area contributed by atoms with E-state index in [1.54, 1.807) is 6.07 Å². The molecule has 0 saturated heterocycles. The largest absolute Gasteiger partial charge is 0.320 e. The highest BCUT2D eigenvalue weighted by Crippen LogP contribution is 2.31. The number of nitrogens with one attached hydrogen (secondary N) is 1. The van der Waals surface area contributed by atoms with Gasteiger partial charge in [0, 0.05) is 13.4 Å². The van der Waals surface area contributed by atoms with Gasteiger partial charge in [-0.1, -0.05) is 12.1 Å². The summed E-state index contributed by atoms with van der Waals surface area (Å²) in [6, 6.07) is 11.3. The lowest BCUT2D eigenvalue weighted by Crippen LogP contribution is -2.13. The van der Waals surface area contributed by atoms with Crippen molar-refractivity contribution in [2.45, 2.75) is 6.92 Å². The van der Waals surface area contributed by atoms with E-state index in [1.165, 1.54) is 0 Å². The van der Waals surface area contributed by atoms with Gasteiger partial charge in [0.25, 0.3) is 5.91 Å². The average molecular weight is 448 g/mol. The number of benzene rings is 2. The van der Waals surface area contributed by atoms with Crippen LogP contribution in [-0.2, 0) is 0 Å². The lowest BCUT2D eigenvalue weighted by Gasteiger charge is -2.10. The molecule has 0 aliphatic heterocycles. The van der Waals surface area contributed by atoms with Gasteiger partial charge in [0.15, 0.2) is 0 Å². The van der Waals surface area contributed by atoms with E-state index in [0.29, 0.717) is 5.56 Å². The molecule has 0 saturated carbocycles. The van der Waals surface area contributed by atoms with Crippen molar-refractivity contribution in [2.75, 3.05) is 5.32 Å². The summed E-state index contributed by atoms with van der Waals surface area (Å²) in [4.78, 5) is 12.3. The molecular formula is C14H10Br3NO. The van der Waals surface area contributed by atoms with E-state index in [0.717, 1.165) is 24.7 Å². The van der Waals surface area contributed by atoms with Crippen LogP contribution in [0.15, 0.2) is 49.8 Å². The topological polar surface area (TPSA) is 29.1 Å². The number of halogens is 3. The molecule has 0 atom stereocenters. The molecule has 1 N–H and O–H groups in total. The second-order valence-electron chi connectivity index (χ2n) is 4.03. The number of aryl methyl sites for hydroxylation is 1. The Labute approximate surface area is 137 Å². The monoisotopic (exact) mass is 445 g/mol. The molecule has 0 aromatic heterocycles. The van der Waals surface area contributed by atoms with Crippen LogP contribution in [0.3, 0.4) is 0 Å². The number of anilines is 1. The molecule has 2 nitrogen and oxygen atoms in total. The Bertz CT molecular complexity index is 620. The van der Waals surface area contributed by atoms with Crippen LogP contribution >= 0.6 is 47.8 Å². The highest BCUT2D eigenvalue weighted by atomic mass is 79.9. The maximum absolute atomic E-state index is 12.3. The minimum absolute atomic E-state index is 0.153. The number of para-hydroxylation sites is 1. The van der Waals surface area contributed by atoms with E-state index in [1.807, 2.05) is 37.3 Å². The first-order valence-electron chi connectivity index (χ1n) is 5.50. The smallest absolute Gasteiger partial charge is 0.256 e. The van der Waals surface area contributed by atoms with Gasteiger partial charge in [-0.2, -0.15) is 0 Å². The maximum atomic E-state index is 12.3. The van der Waals surface area contributed by atoms with E-state index >= 15 is 0 Å². The van der Waals surface area contributed by atoms with Gasteiger partial charge in [-0.15, -0.1) is 0 Å². The summed E-state index contributed by atoms with van der Waals surface area (Å²) >= 11 is 10.3. The molecule has 19 heavy (non-hydrogen) atoms. The van der Waals surface area contributed by atoms with E-state index in [-0.39, 0.29) is 5.91 Å². The lowest BCUT2D eigenvalue weighted by molar-refractivity contribution is 0.102. The molecule has 0 aliphatic carbocycles. The van der Waals surface area contributed by atoms with Crippen LogP contribution < -0.4 is 5.32 Å². The summed E-state index contributed by atoms with van der Waals surface area (Å²) in [6.07, 6.45) is 0. The van der Waals surface area contributed by atoms with E-state index < -0.39 is 0 Å². The van der Waals surface area contributed by atoms with Gasteiger partial charge in [0.2, 0.25) is 0 Å². The van der Waals surface area contributed by atoms with Gasteiger partial charge in [-0.3, -0.25) is 4.79 Å². The molecule has 0 radical (unpaired) electrons. The number of amides is 1. The van der Waals surface area contributed by atoms with Crippen LogP contribution in [0.5, 0.6) is 0 Å². The Hall–Kier alpha value is -0.650. The first-order valence-corrected chi connectivity index (χ1v) is 7.88. The van der Waals surface area contributed by atoms with Crippen LogP contribution in [0.4, 0.5) is 5.69 Å². The molecule has 0 spiro atoms. The third-order valence-corrected chi connectivity index (χ3v) is 4.55. The van der Waals surface area contributed by atoms with Crippen LogP contribution in [0.2, 0.25) is 0 Å². The number of hydrogen-bond acceptors (Lipinski definition) is 1. The Morgan fingerprint density at radius 3 is 2.21 bits per heavy atom. The van der Waals surface area contributed by atoms with Crippen LogP contribution in [-0.4, -0.2) is 5.91 Å². The van der Waals surface area contributed by atoms with E-state index in [9.17, 15) is 4.79 Å². The summed E-state index contributed by atoms with van der Waals surface area (Å²) in [5, 5.41) is 2.89. The highest BCUT2D eigenvalue weighted by molar-refractivity contribution is 9.11. The Kier molecular flexibility index (Phi) is 4.81. The third kappa shape index (κ3) is 3.46. The molecule has 0 aliphatic rings. The minimum Gasteiger partial charge on any atom is -0.320 e. The van der Waals surface area contributed by atoms with Crippen LogP contribution in [0.25, 0.3) is 0 Å². The number of rotatable bonds is 2. The maximum Gasteiger partial charge on any atom is 0.256 e. The predicted octanol–water partition coefficient (Wildman–Crippen LogP) is 5.53. The quantitative estimate of drug-likeness (QED) is 0.643. The van der Waals surface area contributed by atoms with Crippen molar-refractivity contribution in [1.29, 1.82) is 0 Å². The van der Waals surface area contributed by atoms with Gasteiger partial charge in [-0.25, -0.2) is 0 Å². The van der Waals surface area contributed by atoms with Crippen molar-refractivity contribution in [3.8, 4) is 0 Å². The molecule has 2 aromatic carbocycles. The second kappa shape index (κ2) is 6.20. The highest BCUT2D eigenvalue weighted by Gasteiger charge is 2.13. The van der Waals surface area contributed by atoms with Crippen molar-refractivity contribution in [3.63, 3.8) is 0 Å². The summed E-state index contributed by atoms with van der Waals surface area (Å²) in [5.74, 6) is -0.153. The molecule has 0 heterocycles. The van der Waals surface area contributed by atoms with Gasteiger partial charge in [0.1, 0.15) is 0 Å². The zero-order chi connectivity index (χ0) is 14.0. The third-order valence-electron chi connectivity index (χ3n) is 2.57. The standard InChI is InChI=1S/C14H10Br3NO/c1-8-5-6-9(12(17)7-8)14(19)18-13-10(15)3-2-4-11(13)16/h2-7H,1H3,(H,18,19). The summed E-state index contributed by atoms with van der Waals surface area (Å²) in [7, 11) is 0. The lowest BCUT2D eigenvalue weighted by atomic mass is 10.1. The molecule has 0 bridgehead atoms. The molecule has 2 aromatic rings. The summed E-state index contributed by atoms with van der Waals surface area (Å²) in [5.41, 5.74) is 2.43. The van der Waals surface area contributed by atoms with Crippen molar-refractivity contribution in [3.05, 3.63) is 60.9 Å². The molecular weight excluding hydrogens is 438 g/mol. The van der Waals surface area contributed by atoms with Crippen LogP contribution in [0, 0.1) is 6.92 Å². The molecule has 5 heteroatoms. The SMILES string of the molecule is Cc1ccc(C(=O)Nc2c(Br)cccc2Br)c(Br)c1. The van der Waals surface area contributed by atoms with Crippen LogP contribution in [0.1, 0.15) is 15.9 Å². The Morgan fingerprint density at radius 1 is 1.00 bits per heavy atom. The van der Waals surface area contributed by atoms with E-state index in [4.69, 9.17) is 0 Å². The zero-order valence-corrected chi connectivity index (χ0v) is 14.8. The van der Waals surface area contributed by atoms with Crippen molar-refractivity contribution in [1.82, 2.24) is 0 Å². The Morgan fingerprint density at radius 2 is 1.63 bits per heavy atom. The van der Waals surface area contributed by atoms with Gasteiger partial charge in [-0.05, 0) is 84.5 Å². The van der Waals surface area contributed by atoms with Crippen molar-refractivity contribution < 1.29 is 4.79 Å². The number of carbonyl (C=O) groups excluding carboxylic acids is 1. The summed E-state index contributed by atoms with van der Waals surface area (Å²) < 4.78 is 2.45. The number of carbonyl (C=O) groups is 1. The fourth-order valence-electron chi connectivity index (χ4n) is 1.60. The second-order valence-corrected chi connectivity index (χ2v) is 6.60. The first kappa shape index (κ1) is 14.8. The van der Waals surface area contributed by atoms with E-state index in [2.05, 4.69) is 53.1 Å². The fraction of sp³-hybridized carbons (Fsp3) is 0.0714. The normalized spacial score (nSPS) is 10.3. The average Bonchev–Trinajstić information content (AvgIpc) is 2.33. The molecule has 2 rings (SSSR count). The fourth-order valence-corrected chi connectivity index (χ4v) is 3.47.